The number of anilines is 5. The summed E-state index contributed by atoms with van der Waals surface area (Å²) in [6.45, 7) is 8.96. The van der Waals surface area contributed by atoms with Gasteiger partial charge in [0.15, 0.2) is 0 Å². The highest BCUT2D eigenvalue weighted by molar-refractivity contribution is 6.05. The molecule has 1 aromatic heterocycles. The molecule has 4 rings (SSSR count). The van der Waals surface area contributed by atoms with Crippen molar-refractivity contribution < 1.29 is 19.0 Å². The summed E-state index contributed by atoms with van der Waals surface area (Å²) in [5, 5.41) is 6.49. The molecule has 198 valence electrons. The molecule has 3 aromatic rings. The zero-order valence-corrected chi connectivity index (χ0v) is 21.6. The Labute approximate surface area is 222 Å². The fraction of sp³-hybridized carbons (Fsp3) is 0.250. The number of methoxy groups -OCH3 is 2. The molecule has 0 atom stereocenters. The van der Waals surface area contributed by atoms with Crippen molar-refractivity contribution in [1.82, 2.24) is 9.97 Å². The molecule has 2 aromatic carbocycles. The Kier molecular flexibility index (Phi) is 8.78. The second-order valence-corrected chi connectivity index (χ2v) is 8.36. The van der Waals surface area contributed by atoms with Crippen LogP contribution in [0, 0.1) is 0 Å². The number of hydrogen-bond acceptors (Lipinski definition) is 8. The quantitative estimate of drug-likeness (QED) is 0.179. The zero-order chi connectivity index (χ0) is 26.9. The fourth-order valence-corrected chi connectivity index (χ4v) is 3.99. The van der Waals surface area contributed by atoms with Gasteiger partial charge in [0.05, 0.1) is 44.4 Å². The molecule has 2 amide bonds. The molecular weight excluding hydrogens is 484 g/mol. The molecule has 0 fully saturated rings. The highest BCUT2D eigenvalue weighted by Gasteiger charge is 2.33. The van der Waals surface area contributed by atoms with Crippen LogP contribution in [-0.4, -0.2) is 50.1 Å². The lowest BCUT2D eigenvalue weighted by Gasteiger charge is -2.36. The van der Waals surface area contributed by atoms with Gasteiger partial charge in [0.2, 0.25) is 5.95 Å². The Morgan fingerprint density at radius 2 is 1.79 bits per heavy atom. The number of rotatable bonds is 13. The summed E-state index contributed by atoms with van der Waals surface area (Å²) in [6.07, 6.45) is 5.81. The van der Waals surface area contributed by atoms with Crippen molar-refractivity contribution in [1.29, 1.82) is 0 Å². The number of nitrogens with one attached hydrogen (secondary N) is 2. The summed E-state index contributed by atoms with van der Waals surface area (Å²) in [5.74, 6) is 2.11. The number of carbonyl (C=O) groups excluding carboxylic acids is 1. The molecule has 0 bridgehead atoms. The number of benzene rings is 2. The Morgan fingerprint density at radius 1 is 1.05 bits per heavy atom. The third-order valence-corrected chi connectivity index (χ3v) is 5.87. The summed E-state index contributed by atoms with van der Waals surface area (Å²) in [5.41, 5.74) is 3.07. The lowest BCUT2D eigenvalue weighted by Crippen LogP contribution is -2.48. The predicted molar refractivity (Wildman–Crippen MR) is 150 cm³/mol. The number of ether oxygens (including phenoxy) is 3. The van der Waals surface area contributed by atoms with Gasteiger partial charge in [-0.25, -0.2) is 9.78 Å². The van der Waals surface area contributed by atoms with Gasteiger partial charge in [-0.05, 0) is 18.6 Å². The van der Waals surface area contributed by atoms with E-state index in [2.05, 4.69) is 28.8 Å². The van der Waals surface area contributed by atoms with Crippen LogP contribution >= 0.6 is 0 Å². The van der Waals surface area contributed by atoms with E-state index in [0.29, 0.717) is 61.8 Å². The molecule has 10 heteroatoms. The normalized spacial score (nSPS) is 12.5. The van der Waals surface area contributed by atoms with Crippen molar-refractivity contribution >= 4 is 34.9 Å². The van der Waals surface area contributed by atoms with Crippen LogP contribution in [0.15, 0.2) is 74.0 Å². The summed E-state index contributed by atoms with van der Waals surface area (Å²) < 4.78 is 16.3. The predicted octanol–water partition coefficient (Wildman–Crippen LogP) is 5.33. The number of nitrogens with zero attached hydrogens (tertiary/aromatic N) is 4. The Balaban J connectivity index is 1.63. The fourth-order valence-electron chi connectivity index (χ4n) is 3.99. The van der Waals surface area contributed by atoms with Gasteiger partial charge in [-0.3, -0.25) is 9.80 Å². The Morgan fingerprint density at radius 3 is 2.47 bits per heavy atom. The van der Waals surface area contributed by atoms with Crippen LogP contribution in [0.5, 0.6) is 11.5 Å². The van der Waals surface area contributed by atoms with E-state index < -0.39 is 0 Å². The van der Waals surface area contributed by atoms with Crippen molar-refractivity contribution in [2.24, 2.45) is 0 Å². The van der Waals surface area contributed by atoms with Crippen molar-refractivity contribution in [3.63, 3.8) is 0 Å². The van der Waals surface area contributed by atoms with Crippen LogP contribution in [0.2, 0.25) is 0 Å². The smallest absolute Gasteiger partial charge is 0.330 e. The molecule has 2 N–H and O–H groups in total. The van der Waals surface area contributed by atoms with Crippen molar-refractivity contribution in [2.45, 2.75) is 13.0 Å². The average Bonchev–Trinajstić information content (AvgIpc) is 2.95. The molecule has 0 saturated heterocycles. The first-order chi connectivity index (χ1) is 18.6. The van der Waals surface area contributed by atoms with Crippen LogP contribution in [0.4, 0.5) is 33.6 Å². The molecule has 10 nitrogen and oxygen atoms in total. The monoisotopic (exact) mass is 516 g/mol. The van der Waals surface area contributed by atoms with E-state index in [0.717, 1.165) is 16.9 Å². The first-order valence-electron chi connectivity index (χ1n) is 12.2. The third-order valence-electron chi connectivity index (χ3n) is 5.87. The van der Waals surface area contributed by atoms with Gasteiger partial charge in [-0.2, -0.15) is 4.98 Å². The van der Waals surface area contributed by atoms with Gasteiger partial charge in [0.25, 0.3) is 0 Å². The van der Waals surface area contributed by atoms with Crippen molar-refractivity contribution in [3.05, 3.63) is 79.5 Å². The molecule has 1 aliphatic heterocycles. The minimum Gasteiger partial charge on any atom is -0.497 e. The third kappa shape index (κ3) is 6.04. The number of para-hydroxylation sites is 2. The van der Waals surface area contributed by atoms with E-state index in [1.165, 1.54) is 0 Å². The first kappa shape index (κ1) is 26.5. The molecule has 1 aliphatic rings. The van der Waals surface area contributed by atoms with Crippen molar-refractivity contribution in [3.8, 4) is 11.5 Å². The van der Waals surface area contributed by atoms with E-state index >= 15 is 0 Å². The highest BCUT2D eigenvalue weighted by Crippen LogP contribution is 2.35. The van der Waals surface area contributed by atoms with Crippen LogP contribution in [0.25, 0.3) is 0 Å². The molecule has 0 aliphatic carbocycles. The van der Waals surface area contributed by atoms with Gasteiger partial charge < -0.3 is 24.8 Å². The second kappa shape index (κ2) is 12.6. The second-order valence-electron chi connectivity index (χ2n) is 8.36. The molecule has 0 radical (unpaired) electrons. The topological polar surface area (TPSA) is 101 Å². The highest BCUT2D eigenvalue weighted by atomic mass is 16.5. The number of carbonyl (C=O) groups is 1. The molecular formula is C28H32N6O4. The number of hydrogen-bond donors (Lipinski definition) is 2. The number of aromatic nitrogens is 2. The summed E-state index contributed by atoms with van der Waals surface area (Å²) in [4.78, 5) is 26.3. The molecule has 38 heavy (non-hydrogen) atoms. The Hall–Kier alpha value is -4.57. The van der Waals surface area contributed by atoms with Gasteiger partial charge in [0.1, 0.15) is 24.0 Å². The van der Waals surface area contributed by atoms with Gasteiger partial charge in [-0.15, -0.1) is 13.2 Å². The molecule has 0 saturated carbocycles. The zero-order valence-electron chi connectivity index (χ0n) is 21.6. The lowest BCUT2D eigenvalue weighted by atomic mass is 10.1. The van der Waals surface area contributed by atoms with Crippen LogP contribution < -0.4 is 29.9 Å². The standard InChI is InChI=1S/C28H32N6O4/c1-5-7-12-33-26-20(18-34(28(33)35)21-14-22(36-3)16-23(15-21)37-4)17-29-27(32-26)31-25-11-9-8-10-24(25)30-19-38-13-6-2/h5-6,8-11,14-17,30H,1-2,7,12-13,18-19H2,3-4H3,(H,29,31,32). The maximum absolute atomic E-state index is 13.7. The minimum atomic E-state index is -0.208. The first-order valence-corrected chi connectivity index (χ1v) is 12.2. The molecule has 0 unspecified atom stereocenters. The van der Waals surface area contributed by atoms with Gasteiger partial charge >= 0.3 is 6.03 Å². The number of fused-ring (bicyclic) bond motifs is 1. The van der Waals surface area contributed by atoms with E-state index in [-0.39, 0.29) is 6.03 Å². The van der Waals surface area contributed by atoms with E-state index in [1.54, 1.807) is 60.6 Å². The summed E-state index contributed by atoms with van der Waals surface area (Å²) in [7, 11) is 3.15. The number of urea groups is 1. The van der Waals surface area contributed by atoms with Crippen molar-refractivity contribution in [2.75, 3.05) is 54.5 Å². The maximum atomic E-state index is 13.7. The van der Waals surface area contributed by atoms with E-state index in [1.807, 2.05) is 24.3 Å². The maximum Gasteiger partial charge on any atom is 0.330 e. The van der Waals surface area contributed by atoms with Gasteiger partial charge in [-0.1, -0.05) is 24.3 Å². The molecule has 2 heterocycles. The van der Waals surface area contributed by atoms with Crippen LogP contribution in [-0.2, 0) is 11.3 Å². The van der Waals surface area contributed by atoms with Crippen LogP contribution in [0.3, 0.4) is 0 Å². The molecule has 0 spiro atoms. The summed E-state index contributed by atoms with van der Waals surface area (Å²) >= 11 is 0. The van der Waals surface area contributed by atoms with Crippen LogP contribution in [0.1, 0.15) is 12.0 Å². The SMILES string of the molecule is C=CCCN1C(=O)N(c2cc(OC)cc(OC)c2)Cc2cnc(Nc3ccccc3NCOCC=C)nc21. The Bertz CT molecular complexity index is 1280. The lowest BCUT2D eigenvalue weighted by molar-refractivity contribution is 0.183. The minimum absolute atomic E-state index is 0.208. The van der Waals surface area contributed by atoms with E-state index in [4.69, 9.17) is 19.2 Å². The summed E-state index contributed by atoms with van der Waals surface area (Å²) in [6, 6.07) is 12.8. The van der Waals surface area contributed by atoms with Gasteiger partial charge in [0, 0.05) is 36.5 Å². The average molecular weight is 517 g/mol. The van der Waals surface area contributed by atoms with E-state index in [9.17, 15) is 4.79 Å². The number of amides is 2. The largest absolute Gasteiger partial charge is 0.497 e.